The minimum atomic E-state index is 0.386. The van der Waals surface area contributed by atoms with Crippen molar-refractivity contribution in [2.45, 2.75) is 32.9 Å². The standard InChI is InChI=1S/C27H33N7O2/c1-19(2)29-9-11-34(22-12-23(35-3)15-24(13-22)36-4)21-6-7-25-26(14-21)32-27(17-30-25)20-16-31-33(18-20)10-5-8-28/h6-8,12-19,28-29H,5,9-11H2,1-4H3. The Kier molecular flexibility index (Phi) is 8.12. The van der Waals surface area contributed by atoms with Crippen molar-refractivity contribution in [1.29, 1.82) is 5.41 Å². The number of aryl methyl sites for hydroxylation is 1. The highest BCUT2D eigenvalue weighted by Gasteiger charge is 2.15. The van der Waals surface area contributed by atoms with Crippen LogP contribution >= 0.6 is 0 Å². The van der Waals surface area contributed by atoms with Crippen LogP contribution in [0.1, 0.15) is 20.3 Å². The first-order chi connectivity index (χ1) is 17.5. The number of aromatic nitrogens is 4. The molecule has 0 radical (unpaired) electrons. The first kappa shape index (κ1) is 25.1. The van der Waals surface area contributed by atoms with Crippen LogP contribution in [0.4, 0.5) is 11.4 Å². The zero-order valence-corrected chi connectivity index (χ0v) is 21.2. The van der Waals surface area contributed by atoms with Crippen LogP contribution in [-0.4, -0.2) is 59.3 Å². The molecule has 0 atom stereocenters. The van der Waals surface area contributed by atoms with Gasteiger partial charge in [-0.2, -0.15) is 5.10 Å². The van der Waals surface area contributed by atoms with Gasteiger partial charge in [0.15, 0.2) is 0 Å². The lowest BCUT2D eigenvalue weighted by atomic mass is 10.2. The molecule has 4 rings (SSSR count). The Morgan fingerprint density at radius 2 is 1.81 bits per heavy atom. The number of methoxy groups -OCH3 is 2. The van der Waals surface area contributed by atoms with Crippen molar-refractivity contribution in [2.75, 3.05) is 32.2 Å². The molecular weight excluding hydrogens is 454 g/mol. The number of ether oxygens (including phenoxy) is 2. The minimum absolute atomic E-state index is 0.386. The van der Waals surface area contributed by atoms with Gasteiger partial charge in [-0.15, -0.1) is 0 Å². The third-order valence-electron chi connectivity index (χ3n) is 5.80. The average molecular weight is 488 g/mol. The van der Waals surface area contributed by atoms with E-state index >= 15 is 0 Å². The summed E-state index contributed by atoms with van der Waals surface area (Å²) in [6.07, 6.45) is 7.53. The van der Waals surface area contributed by atoms with Crippen LogP contribution in [-0.2, 0) is 6.54 Å². The van der Waals surface area contributed by atoms with Gasteiger partial charge in [0.1, 0.15) is 11.5 Å². The predicted molar refractivity (Wildman–Crippen MR) is 144 cm³/mol. The van der Waals surface area contributed by atoms with Gasteiger partial charge in [-0.3, -0.25) is 9.67 Å². The molecule has 188 valence electrons. The SMILES string of the molecule is COc1cc(OC)cc(N(CCNC(C)C)c2ccc3ncc(-c4cnn(CCC=N)c4)nc3c2)c1. The molecule has 0 saturated carbocycles. The smallest absolute Gasteiger partial charge is 0.124 e. The molecule has 0 aliphatic carbocycles. The Hall–Kier alpha value is -3.98. The zero-order valence-electron chi connectivity index (χ0n) is 21.2. The summed E-state index contributed by atoms with van der Waals surface area (Å²) in [5.74, 6) is 1.46. The van der Waals surface area contributed by atoms with Crippen LogP contribution in [0.2, 0.25) is 0 Å². The Balaban J connectivity index is 1.71. The van der Waals surface area contributed by atoms with Crippen molar-refractivity contribution in [2.24, 2.45) is 0 Å². The van der Waals surface area contributed by atoms with Gasteiger partial charge in [0.2, 0.25) is 0 Å². The molecule has 4 aromatic rings. The topological polar surface area (TPSA) is 101 Å². The molecule has 0 aliphatic heterocycles. The second kappa shape index (κ2) is 11.6. The van der Waals surface area contributed by atoms with Crippen LogP contribution in [0.15, 0.2) is 55.0 Å². The molecule has 0 spiro atoms. The number of benzene rings is 2. The highest BCUT2D eigenvalue weighted by Crippen LogP contribution is 2.34. The van der Waals surface area contributed by atoms with E-state index in [1.54, 1.807) is 26.6 Å². The van der Waals surface area contributed by atoms with E-state index in [1.807, 2.05) is 35.1 Å². The normalized spacial score (nSPS) is 11.1. The average Bonchev–Trinajstić information content (AvgIpc) is 3.38. The van der Waals surface area contributed by atoms with Gasteiger partial charge in [-0.1, -0.05) is 13.8 Å². The Bertz CT molecular complexity index is 1300. The fourth-order valence-corrected chi connectivity index (χ4v) is 3.94. The van der Waals surface area contributed by atoms with Crippen LogP contribution in [0.3, 0.4) is 0 Å². The highest BCUT2D eigenvalue weighted by molar-refractivity contribution is 5.82. The van der Waals surface area contributed by atoms with Crippen molar-refractivity contribution in [3.05, 3.63) is 55.0 Å². The maximum absolute atomic E-state index is 7.23. The van der Waals surface area contributed by atoms with Crippen molar-refractivity contribution in [3.63, 3.8) is 0 Å². The summed E-state index contributed by atoms with van der Waals surface area (Å²) in [6, 6.07) is 12.4. The van der Waals surface area contributed by atoms with Crippen molar-refractivity contribution in [1.82, 2.24) is 25.1 Å². The highest BCUT2D eigenvalue weighted by atomic mass is 16.5. The maximum Gasteiger partial charge on any atom is 0.124 e. The van der Waals surface area contributed by atoms with Gasteiger partial charge in [0.05, 0.1) is 43.3 Å². The fourth-order valence-electron chi connectivity index (χ4n) is 3.94. The number of rotatable bonds is 12. The van der Waals surface area contributed by atoms with Crippen LogP contribution in [0, 0.1) is 5.41 Å². The molecule has 2 N–H and O–H groups in total. The third kappa shape index (κ3) is 5.98. The number of nitrogens with one attached hydrogen (secondary N) is 2. The molecule has 2 aromatic carbocycles. The number of anilines is 2. The maximum atomic E-state index is 7.23. The van der Waals surface area contributed by atoms with E-state index in [9.17, 15) is 0 Å². The first-order valence-corrected chi connectivity index (χ1v) is 12.0. The Morgan fingerprint density at radius 3 is 2.50 bits per heavy atom. The molecule has 0 saturated heterocycles. The van der Waals surface area contributed by atoms with Crippen LogP contribution in [0.25, 0.3) is 22.3 Å². The number of hydrogen-bond donors (Lipinski definition) is 2. The van der Waals surface area contributed by atoms with Gasteiger partial charge >= 0.3 is 0 Å². The molecule has 0 bridgehead atoms. The van der Waals surface area contributed by atoms with Gasteiger partial charge < -0.3 is 25.1 Å². The molecule has 0 unspecified atom stereocenters. The van der Waals surface area contributed by atoms with Crippen LogP contribution < -0.4 is 19.7 Å². The molecule has 2 aromatic heterocycles. The molecule has 0 fully saturated rings. The lowest BCUT2D eigenvalue weighted by molar-refractivity contribution is 0.394. The quantitative estimate of drug-likeness (QED) is 0.280. The van der Waals surface area contributed by atoms with Crippen molar-refractivity contribution in [3.8, 4) is 22.8 Å². The van der Waals surface area contributed by atoms with E-state index in [2.05, 4.69) is 46.3 Å². The number of nitrogens with zero attached hydrogens (tertiary/aromatic N) is 5. The summed E-state index contributed by atoms with van der Waals surface area (Å²) < 4.78 is 12.9. The fraction of sp³-hybridized carbons (Fsp3) is 0.333. The van der Waals surface area contributed by atoms with E-state index in [4.69, 9.17) is 19.9 Å². The summed E-state index contributed by atoms with van der Waals surface area (Å²) in [5.41, 5.74) is 5.24. The van der Waals surface area contributed by atoms with Crippen molar-refractivity contribution >= 4 is 28.6 Å². The van der Waals surface area contributed by atoms with Crippen molar-refractivity contribution < 1.29 is 9.47 Å². The van der Waals surface area contributed by atoms with E-state index in [-0.39, 0.29) is 0 Å². The molecule has 36 heavy (non-hydrogen) atoms. The van der Waals surface area contributed by atoms with Gasteiger partial charge in [0.25, 0.3) is 0 Å². The lowest BCUT2D eigenvalue weighted by Gasteiger charge is -2.27. The Morgan fingerprint density at radius 1 is 1.03 bits per heavy atom. The zero-order chi connectivity index (χ0) is 25.5. The number of fused-ring (bicyclic) bond motifs is 1. The van der Waals surface area contributed by atoms with E-state index < -0.39 is 0 Å². The third-order valence-corrected chi connectivity index (χ3v) is 5.80. The summed E-state index contributed by atoms with van der Waals surface area (Å²) >= 11 is 0. The molecule has 9 heteroatoms. The number of hydrogen-bond acceptors (Lipinski definition) is 8. The first-order valence-electron chi connectivity index (χ1n) is 12.0. The lowest BCUT2D eigenvalue weighted by Crippen LogP contribution is -2.32. The molecule has 0 aliphatic rings. The predicted octanol–water partition coefficient (Wildman–Crippen LogP) is 4.69. The van der Waals surface area contributed by atoms with Gasteiger partial charge in [0, 0.05) is 73.4 Å². The van der Waals surface area contributed by atoms with Crippen LogP contribution in [0.5, 0.6) is 11.5 Å². The summed E-state index contributed by atoms with van der Waals surface area (Å²) in [5, 5.41) is 15.1. The molecule has 9 nitrogen and oxygen atoms in total. The molecular formula is C27H33N7O2. The van der Waals surface area contributed by atoms with E-state index in [0.29, 0.717) is 19.0 Å². The second-order valence-corrected chi connectivity index (χ2v) is 8.74. The second-order valence-electron chi connectivity index (χ2n) is 8.74. The summed E-state index contributed by atoms with van der Waals surface area (Å²) in [6.45, 7) is 6.49. The monoisotopic (exact) mass is 487 g/mol. The van der Waals surface area contributed by atoms with Gasteiger partial charge in [-0.25, -0.2) is 4.98 Å². The largest absolute Gasteiger partial charge is 0.497 e. The van der Waals surface area contributed by atoms with E-state index in [0.717, 1.165) is 58.3 Å². The molecule has 2 heterocycles. The molecule has 0 amide bonds. The minimum Gasteiger partial charge on any atom is -0.497 e. The van der Waals surface area contributed by atoms with Gasteiger partial charge in [-0.05, 0) is 24.4 Å². The Labute approximate surface area is 211 Å². The summed E-state index contributed by atoms with van der Waals surface area (Å²) in [4.78, 5) is 11.8. The van der Waals surface area contributed by atoms with E-state index in [1.165, 1.54) is 6.21 Å². The summed E-state index contributed by atoms with van der Waals surface area (Å²) in [7, 11) is 3.31.